The van der Waals surface area contributed by atoms with Gasteiger partial charge in [0, 0.05) is 10.2 Å². The number of alkyl halides is 3. The van der Waals surface area contributed by atoms with Crippen molar-refractivity contribution in [2.45, 2.75) is 25.9 Å². The molecule has 5 nitrogen and oxygen atoms in total. The number of aryl methyl sites for hydroxylation is 2. The summed E-state index contributed by atoms with van der Waals surface area (Å²) in [5, 5.41) is 4.19. The Bertz CT molecular complexity index is 823. The van der Waals surface area contributed by atoms with Crippen LogP contribution in [0.1, 0.15) is 11.1 Å². The Kier molecular flexibility index (Phi) is 4.51. The van der Waals surface area contributed by atoms with Crippen LogP contribution in [0.3, 0.4) is 0 Å². The second-order valence-corrected chi connectivity index (χ2v) is 6.67. The van der Waals surface area contributed by atoms with E-state index in [1.807, 2.05) is 0 Å². The second-order valence-electron chi connectivity index (χ2n) is 5.76. The SMILES string of the molecule is Cc1cc(Br)cc(C)c1NC(=O)NC1(C(F)(F)F)Oc2ccccc2O1. The molecule has 0 atom stereocenters. The third kappa shape index (κ3) is 3.31. The topological polar surface area (TPSA) is 59.6 Å². The van der Waals surface area contributed by atoms with Crippen LogP contribution in [-0.2, 0) is 0 Å². The molecule has 1 aliphatic heterocycles. The van der Waals surface area contributed by atoms with Gasteiger partial charge in [-0.15, -0.1) is 0 Å². The normalized spacial score (nSPS) is 14.8. The predicted octanol–water partition coefficient (Wildman–Crippen LogP) is 4.87. The average molecular weight is 431 g/mol. The highest BCUT2D eigenvalue weighted by molar-refractivity contribution is 9.10. The lowest BCUT2D eigenvalue weighted by molar-refractivity contribution is -0.317. The molecule has 0 radical (unpaired) electrons. The molecule has 3 rings (SSSR count). The maximum absolute atomic E-state index is 13.6. The van der Waals surface area contributed by atoms with E-state index in [4.69, 9.17) is 9.47 Å². The summed E-state index contributed by atoms with van der Waals surface area (Å²) in [6, 6.07) is 8.02. The predicted molar refractivity (Wildman–Crippen MR) is 92.3 cm³/mol. The highest BCUT2D eigenvalue weighted by atomic mass is 79.9. The number of hydrogen-bond donors (Lipinski definition) is 2. The van der Waals surface area contributed by atoms with Gasteiger partial charge in [0.2, 0.25) is 0 Å². The van der Waals surface area contributed by atoms with Crippen molar-refractivity contribution in [1.82, 2.24) is 5.32 Å². The zero-order valence-corrected chi connectivity index (χ0v) is 15.3. The van der Waals surface area contributed by atoms with Crippen LogP contribution in [0.5, 0.6) is 11.5 Å². The van der Waals surface area contributed by atoms with Crippen LogP contribution in [0, 0.1) is 13.8 Å². The molecule has 0 bridgehead atoms. The molecule has 138 valence electrons. The maximum Gasteiger partial charge on any atom is 0.492 e. The number of amides is 2. The van der Waals surface area contributed by atoms with Crippen LogP contribution in [0.15, 0.2) is 40.9 Å². The molecule has 2 aromatic carbocycles. The second kappa shape index (κ2) is 6.39. The summed E-state index contributed by atoms with van der Waals surface area (Å²) in [7, 11) is 0. The molecule has 0 aliphatic carbocycles. The third-order valence-corrected chi connectivity index (χ3v) is 4.20. The van der Waals surface area contributed by atoms with Gasteiger partial charge in [-0.1, -0.05) is 28.1 Å². The molecule has 0 saturated carbocycles. The molecule has 0 unspecified atom stereocenters. The van der Waals surface area contributed by atoms with Crippen molar-refractivity contribution in [3.05, 3.63) is 52.0 Å². The van der Waals surface area contributed by atoms with E-state index in [1.165, 1.54) is 24.3 Å². The average Bonchev–Trinajstić information content (AvgIpc) is 2.89. The zero-order valence-electron chi connectivity index (χ0n) is 13.7. The number of anilines is 1. The molecule has 0 fully saturated rings. The molecular weight excluding hydrogens is 417 g/mol. The minimum absolute atomic E-state index is 0.110. The molecule has 1 aliphatic rings. The Morgan fingerprint density at radius 1 is 1.08 bits per heavy atom. The number of nitrogens with one attached hydrogen (secondary N) is 2. The first-order chi connectivity index (χ1) is 12.1. The standard InChI is InChI=1S/C17H14BrF3N2O3/c1-9-7-11(18)8-10(2)14(9)22-15(24)23-17(16(19,20)21)25-12-5-3-4-6-13(12)26-17/h3-8H,1-2H3,(H2,22,23,24). The minimum atomic E-state index is -5.01. The third-order valence-electron chi connectivity index (χ3n) is 3.74. The number of para-hydroxylation sites is 2. The van der Waals surface area contributed by atoms with Crippen molar-refractivity contribution >= 4 is 27.6 Å². The van der Waals surface area contributed by atoms with Crippen molar-refractivity contribution in [3.63, 3.8) is 0 Å². The number of hydrogen-bond acceptors (Lipinski definition) is 3. The molecule has 0 saturated heterocycles. The Morgan fingerprint density at radius 2 is 1.58 bits per heavy atom. The summed E-state index contributed by atoms with van der Waals surface area (Å²) in [4.78, 5) is 12.3. The Morgan fingerprint density at radius 3 is 2.04 bits per heavy atom. The lowest BCUT2D eigenvalue weighted by atomic mass is 10.1. The highest BCUT2D eigenvalue weighted by Crippen LogP contribution is 2.44. The number of fused-ring (bicyclic) bond motifs is 1. The van der Waals surface area contributed by atoms with E-state index in [1.54, 1.807) is 31.3 Å². The fourth-order valence-electron chi connectivity index (χ4n) is 2.59. The smallest absolute Gasteiger partial charge is 0.424 e. The highest BCUT2D eigenvalue weighted by Gasteiger charge is 2.65. The van der Waals surface area contributed by atoms with E-state index in [2.05, 4.69) is 21.2 Å². The number of carbonyl (C=O) groups is 1. The van der Waals surface area contributed by atoms with Gasteiger partial charge in [0.1, 0.15) is 0 Å². The van der Waals surface area contributed by atoms with Gasteiger partial charge in [0.15, 0.2) is 11.5 Å². The van der Waals surface area contributed by atoms with Crippen LogP contribution in [-0.4, -0.2) is 18.1 Å². The summed E-state index contributed by atoms with van der Waals surface area (Å²) in [5.41, 5.74) is 1.77. The molecule has 2 amide bonds. The van der Waals surface area contributed by atoms with Gasteiger partial charge >= 0.3 is 18.1 Å². The number of rotatable bonds is 2. The van der Waals surface area contributed by atoms with Crippen LogP contribution < -0.4 is 20.1 Å². The molecule has 0 aromatic heterocycles. The Balaban J connectivity index is 1.85. The van der Waals surface area contributed by atoms with Gasteiger partial charge in [0.05, 0.1) is 0 Å². The first-order valence-corrected chi connectivity index (χ1v) is 8.30. The van der Waals surface area contributed by atoms with Crippen molar-refractivity contribution < 1.29 is 27.4 Å². The fraction of sp³-hybridized carbons (Fsp3) is 0.235. The number of ether oxygens (including phenoxy) is 2. The molecule has 2 N–H and O–H groups in total. The minimum Gasteiger partial charge on any atom is -0.424 e. The number of urea groups is 1. The monoisotopic (exact) mass is 430 g/mol. The first kappa shape index (κ1) is 18.4. The van der Waals surface area contributed by atoms with Crippen molar-refractivity contribution in [3.8, 4) is 11.5 Å². The van der Waals surface area contributed by atoms with Crippen molar-refractivity contribution in [1.29, 1.82) is 0 Å². The number of halogens is 4. The van der Waals surface area contributed by atoms with Gasteiger partial charge in [-0.3, -0.25) is 5.32 Å². The maximum atomic E-state index is 13.6. The molecule has 2 aromatic rings. The molecule has 1 heterocycles. The van der Waals surface area contributed by atoms with E-state index in [9.17, 15) is 18.0 Å². The van der Waals surface area contributed by atoms with E-state index in [0.717, 1.165) is 4.47 Å². The van der Waals surface area contributed by atoms with Crippen LogP contribution in [0.2, 0.25) is 0 Å². The number of benzene rings is 2. The quantitative estimate of drug-likeness (QED) is 0.713. The van der Waals surface area contributed by atoms with Gasteiger partial charge in [-0.2, -0.15) is 13.2 Å². The van der Waals surface area contributed by atoms with Gasteiger partial charge < -0.3 is 14.8 Å². The van der Waals surface area contributed by atoms with Crippen LogP contribution in [0.25, 0.3) is 0 Å². The van der Waals surface area contributed by atoms with Gasteiger partial charge in [-0.25, -0.2) is 4.79 Å². The van der Waals surface area contributed by atoms with Gasteiger partial charge in [0.25, 0.3) is 0 Å². The van der Waals surface area contributed by atoms with E-state index in [0.29, 0.717) is 16.8 Å². The van der Waals surface area contributed by atoms with E-state index < -0.39 is 18.1 Å². The lowest BCUT2D eigenvalue weighted by Gasteiger charge is -2.29. The Labute approximate surface area is 155 Å². The molecule has 0 spiro atoms. The zero-order chi connectivity index (χ0) is 19.1. The number of carbonyl (C=O) groups excluding carboxylic acids is 1. The largest absolute Gasteiger partial charge is 0.492 e. The summed E-state index contributed by atoms with van der Waals surface area (Å²) in [6.07, 6.45) is -5.01. The van der Waals surface area contributed by atoms with Crippen LogP contribution >= 0.6 is 15.9 Å². The summed E-state index contributed by atoms with van der Waals surface area (Å²) in [6.45, 7) is 3.46. The van der Waals surface area contributed by atoms with Crippen molar-refractivity contribution in [2.24, 2.45) is 0 Å². The van der Waals surface area contributed by atoms with Crippen molar-refractivity contribution in [2.75, 3.05) is 5.32 Å². The molecular formula is C17H14BrF3N2O3. The molecule has 26 heavy (non-hydrogen) atoms. The van der Waals surface area contributed by atoms with Gasteiger partial charge in [-0.05, 0) is 49.2 Å². The Hall–Kier alpha value is -2.42. The fourth-order valence-corrected chi connectivity index (χ4v) is 3.28. The van der Waals surface area contributed by atoms with Crippen LogP contribution in [0.4, 0.5) is 23.7 Å². The van der Waals surface area contributed by atoms with E-state index >= 15 is 0 Å². The molecule has 9 heteroatoms. The summed E-state index contributed by atoms with van der Waals surface area (Å²) < 4.78 is 51.4. The summed E-state index contributed by atoms with van der Waals surface area (Å²) >= 11 is 3.32. The lowest BCUT2D eigenvalue weighted by Crippen LogP contribution is -2.65. The van der Waals surface area contributed by atoms with E-state index in [-0.39, 0.29) is 11.5 Å². The first-order valence-electron chi connectivity index (χ1n) is 7.51. The summed E-state index contributed by atoms with van der Waals surface area (Å²) in [5.74, 6) is -3.51.